The number of hydrogen-bond acceptors (Lipinski definition) is 7. The van der Waals surface area contributed by atoms with Gasteiger partial charge in [-0.3, -0.25) is 10.1 Å². The van der Waals surface area contributed by atoms with Gasteiger partial charge in [-0.1, -0.05) is 0 Å². The van der Waals surface area contributed by atoms with Gasteiger partial charge < -0.3 is 9.84 Å². The lowest BCUT2D eigenvalue weighted by atomic mass is 10.2. The average Bonchev–Trinajstić information content (AvgIpc) is 2.61. The van der Waals surface area contributed by atoms with Crippen LogP contribution in [0.1, 0.15) is 31.4 Å². The Hall–Kier alpha value is -2.03. The van der Waals surface area contributed by atoms with Crippen LogP contribution in [0.15, 0.2) is 0 Å². The number of Topliss-reactive ketones (excluding diaryl/α,β-unsaturated/α-hetero) is 1. The van der Waals surface area contributed by atoms with Crippen LogP contribution in [0.3, 0.4) is 0 Å². The number of anilines is 1. The molecule has 1 amide bonds. The first-order valence-electron chi connectivity index (χ1n) is 4.80. The highest BCUT2D eigenvalue weighted by Crippen LogP contribution is 2.14. The Morgan fingerprint density at radius 1 is 1.33 bits per heavy atom. The van der Waals surface area contributed by atoms with Crippen molar-refractivity contribution in [3.63, 3.8) is 0 Å². The van der Waals surface area contributed by atoms with E-state index in [4.69, 9.17) is 9.84 Å². The number of nitrogens with one attached hydrogen (secondary N) is 1. The molecule has 0 bridgehead atoms. The number of ether oxygens (including phenoxy) is 1. The number of ketones is 1. The zero-order chi connectivity index (χ0) is 13.9. The maximum Gasteiger partial charge on any atom is 0.414 e. The number of carbonyl (C=O) groups excluding carboxylic acids is 2. The Balaban J connectivity index is 2.68. The van der Waals surface area contributed by atoms with E-state index in [1.165, 1.54) is 0 Å². The average molecular weight is 273 g/mol. The van der Waals surface area contributed by atoms with E-state index in [1.807, 2.05) is 0 Å². The minimum Gasteiger partial charge on any atom is -0.475 e. The Morgan fingerprint density at radius 2 is 1.94 bits per heavy atom. The first-order chi connectivity index (χ1) is 8.19. The monoisotopic (exact) mass is 273 g/mol. The summed E-state index contributed by atoms with van der Waals surface area (Å²) in [5, 5.41) is 10.7. The second-order valence-electron chi connectivity index (χ2n) is 4.18. The molecule has 0 saturated carbocycles. The summed E-state index contributed by atoms with van der Waals surface area (Å²) in [6.07, 6.45) is -0.757. The van der Waals surface area contributed by atoms with Gasteiger partial charge in [0.2, 0.25) is 11.0 Å². The van der Waals surface area contributed by atoms with Crippen molar-refractivity contribution >= 4 is 34.5 Å². The van der Waals surface area contributed by atoms with Crippen molar-refractivity contribution in [1.82, 2.24) is 9.36 Å². The van der Waals surface area contributed by atoms with E-state index in [-0.39, 0.29) is 5.13 Å². The molecule has 0 aliphatic heterocycles. The summed E-state index contributed by atoms with van der Waals surface area (Å²) in [6, 6.07) is 0. The summed E-state index contributed by atoms with van der Waals surface area (Å²) in [5.74, 6) is -3.36. The van der Waals surface area contributed by atoms with Gasteiger partial charge in [-0.15, -0.1) is 0 Å². The number of hydrogen-bond donors (Lipinski definition) is 2. The van der Waals surface area contributed by atoms with E-state index >= 15 is 0 Å². The standard InChI is InChI=1S/C9H11N3O5S/c1-9(2,3)17-8(16)11-7-10-5(12-18-7)4(13)6(14)15/h1-3H3,(H,14,15)(H,10,11,12,16). The predicted octanol–water partition coefficient (Wildman–Crippen LogP) is 1.15. The molecule has 98 valence electrons. The molecule has 1 heterocycles. The van der Waals surface area contributed by atoms with Crippen LogP contribution < -0.4 is 5.32 Å². The third-order valence-corrected chi connectivity index (χ3v) is 2.06. The largest absolute Gasteiger partial charge is 0.475 e. The fourth-order valence-electron chi connectivity index (χ4n) is 0.853. The maximum atomic E-state index is 11.3. The molecule has 0 unspecified atom stereocenters. The lowest BCUT2D eigenvalue weighted by Crippen LogP contribution is -2.27. The van der Waals surface area contributed by atoms with Crippen molar-refractivity contribution in [2.45, 2.75) is 26.4 Å². The fourth-order valence-corrected chi connectivity index (χ4v) is 1.41. The van der Waals surface area contributed by atoms with Crippen LogP contribution in [0.4, 0.5) is 9.93 Å². The lowest BCUT2D eigenvalue weighted by Gasteiger charge is -2.18. The van der Waals surface area contributed by atoms with Crippen molar-refractivity contribution in [2.75, 3.05) is 5.32 Å². The molecule has 0 radical (unpaired) electrons. The summed E-state index contributed by atoms with van der Waals surface area (Å²) in [6.45, 7) is 5.06. The Morgan fingerprint density at radius 3 is 2.44 bits per heavy atom. The quantitative estimate of drug-likeness (QED) is 0.626. The van der Waals surface area contributed by atoms with Crippen molar-refractivity contribution in [3.8, 4) is 0 Å². The van der Waals surface area contributed by atoms with Gasteiger partial charge in [-0.25, -0.2) is 9.59 Å². The number of carboxylic acids is 1. The van der Waals surface area contributed by atoms with Crippen LogP contribution >= 0.6 is 11.5 Å². The van der Waals surface area contributed by atoms with E-state index in [9.17, 15) is 14.4 Å². The summed E-state index contributed by atoms with van der Waals surface area (Å²) in [5.41, 5.74) is -0.672. The van der Waals surface area contributed by atoms with Crippen LogP contribution in [0, 0.1) is 0 Å². The molecule has 1 rings (SSSR count). The number of carbonyl (C=O) groups is 3. The van der Waals surface area contributed by atoms with E-state index < -0.39 is 29.3 Å². The summed E-state index contributed by atoms with van der Waals surface area (Å²) < 4.78 is 8.46. The van der Waals surface area contributed by atoms with E-state index in [0.717, 1.165) is 0 Å². The molecule has 18 heavy (non-hydrogen) atoms. The minimum absolute atomic E-state index is 0.00569. The Labute approximate surface area is 106 Å². The van der Waals surface area contributed by atoms with E-state index in [2.05, 4.69) is 14.7 Å². The predicted molar refractivity (Wildman–Crippen MR) is 61.7 cm³/mol. The summed E-state index contributed by atoms with van der Waals surface area (Å²) >= 11 is 0.692. The molecule has 1 aromatic rings. The minimum atomic E-state index is -1.66. The highest BCUT2D eigenvalue weighted by atomic mass is 32.1. The van der Waals surface area contributed by atoms with Gasteiger partial charge in [-0.2, -0.15) is 9.36 Å². The highest BCUT2D eigenvalue weighted by Gasteiger charge is 2.22. The molecule has 0 aliphatic rings. The van der Waals surface area contributed by atoms with Crippen LogP contribution in [0.2, 0.25) is 0 Å². The zero-order valence-corrected chi connectivity index (χ0v) is 10.7. The van der Waals surface area contributed by atoms with Crippen molar-refractivity contribution in [2.24, 2.45) is 0 Å². The SMILES string of the molecule is CC(C)(C)OC(=O)Nc1nc(C(=O)C(=O)O)ns1. The number of carboxylic acid groups (broad SMARTS) is 1. The van der Waals surface area contributed by atoms with Crippen LogP contribution in [-0.4, -0.2) is 37.9 Å². The number of nitrogens with zero attached hydrogens (tertiary/aromatic N) is 2. The Kier molecular flexibility index (Phi) is 3.96. The second-order valence-corrected chi connectivity index (χ2v) is 4.94. The smallest absolute Gasteiger partial charge is 0.414 e. The van der Waals surface area contributed by atoms with Crippen molar-refractivity contribution in [1.29, 1.82) is 0 Å². The number of aliphatic carboxylic acids is 1. The molecule has 8 nitrogen and oxygen atoms in total. The molecular formula is C9H11N3O5S. The van der Waals surface area contributed by atoms with Gasteiger partial charge >= 0.3 is 17.8 Å². The number of rotatable bonds is 3. The first-order valence-corrected chi connectivity index (χ1v) is 5.58. The maximum absolute atomic E-state index is 11.3. The molecule has 0 fully saturated rings. The zero-order valence-electron chi connectivity index (χ0n) is 9.88. The highest BCUT2D eigenvalue weighted by molar-refractivity contribution is 7.10. The van der Waals surface area contributed by atoms with Crippen LogP contribution in [0.25, 0.3) is 0 Å². The molecule has 0 saturated heterocycles. The van der Waals surface area contributed by atoms with Gasteiger partial charge in [0, 0.05) is 11.5 Å². The fraction of sp³-hybridized carbons (Fsp3) is 0.444. The molecular weight excluding hydrogens is 262 g/mol. The summed E-state index contributed by atoms with van der Waals surface area (Å²) in [7, 11) is 0. The number of aromatic nitrogens is 2. The molecule has 0 aromatic carbocycles. The van der Waals surface area contributed by atoms with E-state index in [1.54, 1.807) is 20.8 Å². The molecule has 0 atom stereocenters. The molecule has 1 aromatic heterocycles. The summed E-state index contributed by atoms with van der Waals surface area (Å²) in [4.78, 5) is 36.3. The lowest BCUT2D eigenvalue weighted by molar-refractivity contribution is -0.131. The van der Waals surface area contributed by atoms with Gasteiger partial charge in [0.15, 0.2) is 0 Å². The van der Waals surface area contributed by atoms with Gasteiger partial charge in [0.25, 0.3) is 0 Å². The van der Waals surface area contributed by atoms with Crippen molar-refractivity contribution in [3.05, 3.63) is 5.82 Å². The number of amides is 1. The normalized spacial score (nSPS) is 10.8. The Bertz CT molecular complexity index is 491. The van der Waals surface area contributed by atoms with Gasteiger partial charge in [-0.05, 0) is 20.8 Å². The molecule has 0 aliphatic carbocycles. The second kappa shape index (κ2) is 5.08. The van der Waals surface area contributed by atoms with Gasteiger partial charge in [0.1, 0.15) is 5.60 Å². The molecule has 9 heteroatoms. The van der Waals surface area contributed by atoms with Crippen molar-refractivity contribution < 1.29 is 24.2 Å². The van der Waals surface area contributed by atoms with E-state index in [0.29, 0.717) is 11.5 Å². The molecule has 2 N–H and O–H groups in total. The van der Waals surface area contributed by atoms with Gasteiger partial charge in [0.05, 0.1) is 0 Å². The topological polar surface area (TPSA) is 118 Å². The molecule has 0 spiro atoms. The van der Waals surface area contributed by atoms with Crippen LogP contribution in [-0.2, 0) is 9.53 Å². The third-order valence-electron chi connectivity index (χ3n) is 1.43. The van der Waals surface area contributed by atoms with Crippen LogP contribution in [0.5, 0.6) is 0 Å². The third kappa shape index (κ3) is 4.09. The first kappa shape index (κ1) is 14.0.